The first-order valence-corrected chi connectivity index (χ1v) is 8.32. The molecule has 0 amide bonds. The van der Waals surface area contributed by atoms with Crippen LogP contribution in [0.5, 0.6) is 0 Å². The van der Waals surface area contributed by atoms with Gasteiger partial charge in [0.2, 0.25) is 0 Å². The molecule has 0 bridgehead atoms. The lowest BCUT2D eigenvalue weighted by atomic mass is 10.2. The summed E-state index contributed by atoms with van der Waals surface area (Å²) in [4.78, 5) is 2.73. The molecule has 2 aliphatic carbocycles. The highest BCUT2D eigenvalue weighted by atomic mass is 32.1. The summed E-state index contributed by atoms with van der Waals surface area (Å²) >= 11 is 1.80. The van der Waals surface area contributed by atoms with E-state index in [0.29, 0.717) is 0 Å². The van der Waals surface area contributed by atoms with E-state index >= 15 is 0 Å². The van der Waals surface area contributed by atoms with Gasteiger partial charge in [0.05, 0.1) is 0 Å². The molecule has 18 heavy (non-hydrogen) atoms. The molecule has 0 aliphatic heterocycles. The molecule has 0 atom stereocenters. The fraction of sp³-hybridized carbons (Fsp3) is 0.733. The van der Waals surface area contributed by atoms with Crippen molar-refractivity contribution in [3.8, 4) is 0 Å². The molecule has 0 radical (unpaired) electrons. The van der Waals surface area contributed by atoms with Gasteiger partial charge in [-0.25, -0.2) is 0 Å². The van der Waals surface area contributed by atoms with E-state index in [4.69, 9.17) is 0 Å². The van der Waals surface area contributed by atoms with E-state index in [0.717, 1.165) is 25.0 Å². The second-order valence-corrected chi connectivity index (χ2v) is 6.58. The van der Waals surface area contributed by atoms with Crippen molar-refractivity contribution in [2.24, 2.45) is 5.92 Å². The molecule has 3 rings (SSSR count). The maximum absolute atomic E-state index is 3.59. The van der Waals surface area contributed by atoms with Crippen molar-refractivity contribution in [1.29, 1.82) is 0 Å². The van der Waals surface area contributed by atoms with Crippen LogP contribution >= 0.6 is 11.3 Å². The molecule has 2 aliphatic rings. The van der Waals surface area contributed by atoms with Gasteiger partial charge in [-0.05, 0) is 67.0 Å². The predicted octanol–water partition coefficient (Wildman–Crippen LogP) is 2.75. The van der Waals surface area contributed by atoms with Gasteiger partial charge in [0.15, 0.2) is 0 Å². The average molecular weight is 264 g/mol. The highest BCUT2D eigenvalue weighted by Gasteiger charge is 2.32. The first-order chi connectivity index (χ1) is 8.92. The minimum atomic E-state index is 0.935. The van der Waals surface area contributed by atoms with Gasteiger partial charge in [-0.3, -0.25) is 4.90 Å². The standard InChI is InChI=1S/C15H24N2S/c1-2-13(1)11-17(15-3-4-15)9-8-16-7-5-14-6-10-18-12-14/h6,10,12-13,15-16H,1-5,7-9,11H2. The van der Waals surface area contributed by atoms with E-state index in [1.165, 1.54) is 50.8 Å². The molecule has 0 aromatic carbocycles. The Morgan fingerprint density at radius 3 is 2.78 bits per heavy atom. The third kappa shape index (κ3) is 4.08. The topological polar surface area (TPSA) is 15.3 Å². The van der Waals surface area contributed by atoms with E-state index in [2.05, 4.69) is 27.0 Å². The van der Waals surface area contributed by atoms with Gasteiger partial charge in [0.25, 0.3) is 0 Å². The Morgan fingerprint density at radius 2 is 2.11 bits per heavy atom. The van der Waals surface area contributed by atoms with Crippen LogP contribution in [-0.4, -0.2) is 37.1 Å². The van der Waals surface area contributed by atoms with Crippen LogP contribution in [0.25, 0.3) is 0 Å². The molecule has 3 heteroatoms. The molecular weight excluding hydrogens is 240 g/mol. The Balaban J connectivity index is 1.28. The summed E-state index contributed by atoms with van der Waals surface area (Å²) in [5.74, 6) is 1.04. The Labute approximate surface area is 114 Å². The first kappa shape index (κ1) is 12.6. The van der Waals surface area contributed by atoms with Crippen molar-refractivity contribution in [1.82, 2.24) is 10.2 Å². The zero-order chi connectivity index (χ0) is 12.2. The second kappa shape index (κ2) is 6.18. The SMILES string of the molecule is c1cc(CCNCCN(CC2CC2)C2CC2)cs1. The molecule has 0 spiro atoms. The van der Waals surface area contributed by atoms with E-state index < -0.39 is 0 Å². The van der Waals surface area contributed by atoms with Gasteiger partial charge in [-0.2, -0.15) is 11.3 Å². The third-order valence-corrected chi connectivity index (χ3v) is 4.73. The quantitative estimate of drug-likeness (QED) is 0.690. The zero-order valence-corrected chi connectivity index (χ0v) is 11.9. The fourth-order valence-electron chi connectivity index (χ4n) is 2.51. The van der Waals surface area contributed by atoms with E-state index in [1.807, 2.05) is 0 Å². The minimum Gasteiger partial charge on any atom is -0.315 e. The van der Waals surface area contributed by atoms with Crippen molar-refractivity contribution in [2.45, 2.75) is 38.1 Å². The Morgan fingerprint density at radius 1 is 1.22 bits per heavy atom. The van der Waals surface area contributed by atoms with Crippen molar-refractivity contribution < 1.29 is 0 Å². The molecular formula is C15H24N2S. The molecule has 1 N–H and O–H groups in total. The normalized spacial score (nSPS) is 19.6. The second-order valence-electron chi connectivity index (χ2n) is 5.80. The molecule has 2 fully saturated rings. The van der Waals surface area contributed by atoms with Crippen LogP contribution in [0.2, 0.25) is 0 Å². The third-order valence-electron chi connectivity index (χ3n) is 4.00. The molecule has 0 unspecified atom stereocenters. The van der Waals surface area contributed by atoms with Crippen molar-refractivity contribution in [2.75, 3.05) is 26.2 Å². The van der Waals surface area contributed by atoms with Gasteiger partial charge < -0.3 is 5.32 Å². The first-order valence-electron chi connectivity index (χ1n) is 7.37. The number of rotatable bonds is 9. The number of nitrogens with one attached hydrogen (secondary N) is 1. The number of hydrogen-bond acceptors (Lipinski definition) is 3. The number of nitrogens with zero attached hydrogens (tertiary/aromatic N) is 1. The van der Waals surface area contributed by atoms with Crippen LogP contribution in [0.4, 0.5) is 0 Å². The van der Waals surface area contributed by atoms with E-state index in [9.17, 15) is 0 Å². The molecule has 1 heterocycles. The smallest absolute Gasteiger partial charge is 0.0110 e. The number of hydrogen-bond donors (Lipinski definition) is 1. The van der Waals surface area contributed by atoms with Crippen LogP contribution in [0.15, 0.2) is 16.8 Å². The van der Waals surface area contributed by atoms with Gasteiger partial charge in [-0.1, -0.05) is 0 Å². The maximum Gasteiger partial charge on any atom is 0.0110 e. The average Bonchev–Trinajstić information content (AvgIpc) is 3.28. The van der Waals surface area contributed by atoms with E-state index in [1.54, 1.807) is 11.3 Å². The lowest BCUT2D eigenvalue weighted by Crippen LogP contribution is -2.35. The van der Waals surface area contributed by atoms with Gasteiger partial charge in [-0.15, -0.1) is 0 Å². The van der Waals surface area contributed by atoms with Crippen LogP contribution in [0.3, 0.4) is 0 Å². The van der Waals surface area contributed by atoms with Crippen molar-refractivity contribution in [3.05, 3.63) is 22.4 Å². The lowest BCUT2D eigenvalue weighted by molar-refractivity contribution is 0.253. The zero-order valence-electron chi connectivity index (χ0n) is 11.1. The Hall–Kier alpha value is -0.380. The Bertz CT molecular complexity index is 341. The van der Waals surface area contributed by atoms with Gasteiger partial charge >= 0.3 is 0 Å². The highest BCUT2D eigenvalue weighted by Crippen LogP contribution is 2.34. The Kier molecular flexibility index (Phi) is 4.34. The molecule has 0 saturated heterocycles. The van der Waals surface area contributed by atoms with Crippen LogP contribution in [-0.2, 0) is 6.42 Å². The monoisotopic (exact) mass is 264 g/mol. The molecule has 100 valence electrons. The molecule has 1 aromatic heterocycles. The number of thiophene rings is 1. The highest BCUT2D eigenvalue weighted by molar-refractivity contribution is 7.07. The van der Waals surface area contributed by atoms with Crippen LogP contribution < -0.4 is 5.32 Å². The van der Waals surface area contributed by atoms with Gasteiger partial charge in [0.1, 0.15) is 0 Å². The molecule has 2 nitrogen and oxygen atoms in total. The summed E-state index contributed by atoms with van der Waals surface area (Å²) in [6, 6.07) is 3.17. The van der Waals surface area contributed by atoms with E-state index in [-0.39, 0.29) is 0 Å². The minimum absolute atomic E-state index is 0.935. The van der Waals surface area contributed by atoms with Crippen molar-refractivity contribution in [3.63, 3.8) is 0 Å². The summed E-state index contributed by atoms with van der Waals surface area (Å²) in [7, 11) is 0. The summed E-state index contributed by atoms with van der Waals surface area (Å²) in [6.45, 7) is 4.91. The summed E-state index contributed by atoms with van der Waals surface area (Å²) in [5.41, 5.74) is 1.48. The summed E-state index contributed by atoms with van der Waals surface area (Å²) < 4.78 is 0. The summed E-state index contributed by atoms with van der Waals surface area (Å²) in [6.07, 6.45) is 7.03. The largest absolute Gasteiger partial charge is 0.315 e. The fourth-order valence-corrected chi connectivity index (χ4v) is 3.21. The lowest BCUT2D eigenvalue weighted by Gasteiger charge is -2.21. The van der Waals surface area contributed by atoms with Crippen LogP contribution in [0.1, 0.15) is 31.2 Å². The maximum atomic E-state index is 3.59. The molecule has 1 aromatic rings. The van der Waals surface area contributed by atoms with Crippen molar-refractivity contribution >= 4 is 11.3 Å². The molecule has 2 saturated carbocycles. The van der Waals surface area contributed by atoms with Crippen LogP contribution in [0, 0.1) is 5.92 Å². The van der Waals surface area contributed by atoms with Gasteiger partial charge in [0, 0.05) is 25.7 Å². The predicted molar refractivity (Wildman–Crippen MR) is 78.2 cm³/mol. The summed E-state index contributed by atoms with van der Waals surface area (Å²) in [5, 5.41) is 8.02.